The number of aryl methyl sites for hydroxylation is 1. The summed E-state index contributed by atoms with van der Waals surface area (Å²) in [4.78, 5) is 14.3. The lowest BCUT2D eigenvalue weighted by molar-refractivity contribution is 0.0173. The Morgan fingerprint density at radius 2 is 2.04 bits per heavy atom. The number of nitrogens with zero attached hydrogens (tertiary/aromatic N) is 1. The first-order valence-electron chi connectivity index (χ1n) is 9.07. The monoisotopic (exact) mass is 350 g/mol. The molecule has 2 rings (SSSR count). The van der Waals surface area contributed by atoms with Crippen LogP contribution in [0.25, 0.3) is 0 Å². The molecule has 4 nitrogen and oxygen atoms in total. The number of rotatable bonds is 3. The number of carbonyl (C=O) groups excluding carboxylic acids is 1. The van der Waals surface area contributed by atoms with Gasteiger partial charge in [0.25, 0.3) is 0 Å². The number of likely N-dealkylation sites (tertiary alicyclic amines) is 1. The van der Waals surface area contributed by atoms with Gasteiger partial charge in [-0.2, -0.15) is 0 Å². The average molecular weight is 350 g/mol. The normalized spacial score (nSPS) is 21.5. The topological polar surface area (TPSA) is 41.6 Å². The average Bonchev–Trinajstić information content (AvgIpc) is 2.45. The standard InChI is InChI=1S/C20H31FN2O2/c1-13(2)22-18-9-10-23(19(24)25-20(4,5)6)12-17(18)16-8-7-15(21)11-14(16)3/h7-8,11,13,17-18,22H,9-10,12H2,1-6H3/t17-,18+/m0/s1. The number of benzene rings is 1. The van der Waals surface area contributed by atoms with Crippen LogP contribution in [0.15, 0.2) is 18.2 Å². The molecule has 1 saturated heterocycles. The second-order valence-electron chi connectivity index (χ2n) is 8.25. The van der Waals surface area contributed by atoms with Crippen LogP contribution >= 0.6 is 0 Å². The maximum Gasteiger partial charge on any atom is 0.410 e. The van der Waals surface area contributed by atoms with Gasteiger partial charge in [-0.3, -0.25) is 0 Å². The van der Waals surface area contributed by atoms with Gasteiger partial charge in [0, 0.05) is 31.1 Å². The van der Waals surface area contributed by atoms with Gasteiger partial charge in [-0.05, 0) is 57.4 Å². The van der Waals surface area contributed by atoms with E-state index in [1.54, 1.807) is 11.0 Å². The molecular formula is C20H31FN2O2. The third kappa shape index (κ3) is 5.43. The first kappa shape index (κ1) is 19.7. The molecule has 0 radical (unpaired) electrons. The quantitative estimate of drug-likeness (QED) is 0.887. The van der Waals surface area contributed by atoms with Crippen molar-refractivity contribution >= 4 is 6.09 Å². The van der Waals surface area contributed by atoms with Gasteiger partial charge in [-0.1, -0.05) is 19.9 Å². The number of halogens is 1. The summed E-state index contributed by atoms with van der Waals surface area (Å²) in [7, 11) is 0. The van der Waals surface area contributed by atoms with E-state index in [1.807, 2.05) is 33.8 Å². The summed E-state index contributed by atoms with van der Waals surface area (Å²) in [6.45, 7) is 13.0. The van der Waals surface area contributed by atoms with Crippen LogP contribution in [0.3, 0.4) is 0 Å². The first-order chi connectivity index (χ1) is 11.6. The molecule has 0 saturated carbocycles. The van der Waals surface area contributed by atoms with E-state index in [0.29, 0.717) is 19.1 Å². The minimum absolute atomic E-state index is 0.115. The highest BCUT2D eigenvalue weighted by Gasteiger charge is 2.35. The molecule has 0 unspecified atom stereocenters. The highest BCUT2D eigenvalue weighted by atomic mass is 19.1. The number of ether oxygens (including phenoxy) is 1. The second-order valence-corrected chi connectivity index (χ2v) is 8.25. The van der Waals surface area contributed by atoms with Crippen molar-refractivity contribution in [2.75, 3.05) is 13.1 Å². The van der Waals surface area contributed by atoms with Crippen LogP contribution in [0.1, 0.15) is 58.1 Å². The zero-order valence-electron chi connectivity index (χ0n) is 16.2. The highest BCUT2D eigenvalue weighted by molar-refractivity contribution is 5.68. The summed E-state index contributed by atoms with van der Waals surface area (Å²) in [5, 5.41) is 3.61. The van der Waals surface area contributed by atoms with Crippen LogP contribution in [0.5, 0.6) is 0 Å². The summed E-state index contributed by atoms with van der Waals surface area (Å²) in [5.41, 5.74) is 1.50. The van der Waals surface area contributed by atoms with Crippen LogP contribution in [0.4, 0.5) is 9.18 Å². The molecule has 1 amide bonds. The Kier molecular flexibility index (Phi) is 6.09. The van der Waals surface area contributed by atoms with Gasteiger partial charge >= 0.3 is 6.09 Å². The third-order valence-corrected chi connectivity index (χ3v) is 4.44. The van der Waals surface area contributed by atoms with Crippen LogP contribution < -0.4 is 5.32 Å². The minimum atomic E-state index is -0.509. The molecule has 1 aromatic carbocycles. The van der Waals surface area contributed by atoms with E-state index < -0.39 is 5.60 Å². The fourth-order valence-corrected chi connectivity index (χ4v) is 3.44. The van der Waals surface area contributed by atoms with Crippen molar-refractivity contribution < 1.29 is 13.9 Å². The Morgan fingerprint density at radius 1 is 1.36 bits per heavy atom. The van der Waals surface area contributed by atoms with Gasteiger partial charge in [0.2, 0.25) is 0 Å². The van der Waals surface area contributed by atoms with Crippen molar-refractivity contribution in [3.8, 4) is 0 Å². The summed E-state index contributed by atoms with van der Waals surface area (Å²) in [5.74, 6) is -0.112. The molecule has 1 N–H and O–H groups in total. The lowest BCUT2D eigenvalue weighted by atomic mass is 9.83. The zero-order valence-corrected chi connectivity index (χ0v) is 16.2. The molecular weight excluding hydrogens is 319 g/mol. The van der Waals surface area contributed by atoms with Crippen LogP contribution in [0, 0.1) is 12.7 Å². The minimum Gasteiger partial charge on any atom is -0.444 e. The lowest BCUT2D eigenvalue weighted by Gasteiger charge is -2.41. The molecule has 25 heavy (non-hydrogen) atoms. The van der Waals surface area contributed by atoms with Crippen molar-refractivity contribution in [2.24, 2.45) is 0 Å². The summed E-state index contributed by atoms with van der Waals surface area (Å²) in [6, 6.07) is 5.52. The van der Waals surface area contributed by atoms with Crippen molar-refractivity contribution in [2.45, 2.75) is 71.6 Å². The predicted molar refractivity (Wildman–Crippen MR) is 98.4 cm³/mol. The van der Waals surface area contributed by atoms with Crippen LogP contribution in [-0.4, -0.2) is 41.8 Å². The second kappa shape index (κ2) is 7.73. The molecule has 5 heteroatoms. The van der Waals surface area contributed by atoms with Gasteiger partial charge in [-0.25, -0.2) is 9.18 Å². The summed E-state index contributed by atoms with van der Waals surface area (Å²) >= 11 is 0. The SMILES string of the molecule is Cc1cc(F)ccc1[C@@H]1CN(C(=O)OC(C)(C)C)CC[C@H]1NC(C)C. The van der Waals surface area contributed by atoms with E-state index in [1.165, 1.54) is 6.07 Å². The molecule has 1 aliphatic rings. The molecule has 2 atom stereocenters. The van der Waals surface area contributed by atoms with Crippen molar-refractivity contribution in [3.63, 3.8) is 0 Å². The predicted octanol–water partition coefficient (Wildman–Crippen LogP) is 4.23. The molecule has 0 aliphatic carbocycles. The molecule has 1 fully saturated rings. The molecule has 0 spiro atoms. The van der Waals surface area contributed by atoms with Crippen molar-refractivity contribution in [1.82, 2.24) is 10.2 Å². The van der Waals surface area contributed by atoms with E-state index in [4.69, 9.17) is 4.74 Å². The van der Waals surface area contributed by atoms with Crippen LogP contribution in [-0.2, 0) is 4.74 Å². The van der Waals surface area contributed by atoms with Gasteiger partial charge in [-0.15, -0.1) is 0 Å². The van der Waals surface area contributed by atoms with Gasteiger partial charge in [0.15, 0.2) is 0 Å². The maximum absolute atomic E-state index is 13.5. The summed E-state index contributed by atoms with van der Waals surface area (Å²) in [6.07, 6.45) is 0.569. The zero-order chi connectivity index (χ0) is 18.8. The van der Waals surface area contributed by atoms with Gasteiger partial charge in [0.05, 0.1) is 0 Å². The molecule has 1 heterocycles. The van der Waals surface area contributed by atoms with E-state index in [0.717, 1.165) is 17.5 Å². The fourth-order valence-electron chi connectivity index (χ4n) is 3.44. The fraction of sp³-hybridized carbons (Fsp3) is 0.650. The Labute approximate surface area is 150 Å². The van der Waals surface area contributed by atoms with Crippen molar-refractivity contribution in [1.29, 1.82) is 0 Å². The Balaban J connectivity index is 2.24. The number of carbonyl (C=O) groups is 1. The number of nitrogens with one attached hydrogen (secondary N) is 1. The molecule has 0 aromatic heterocycles. The third-order valence-electron chi connectivity index (χ3n) is 4.44. The van der Waals surface area contributed by atoms with E-state index >= 15 is 0 Å². The van der Waals surface area contributed by atoms with E-state index in [9.17, 15) is 9.18 Å². The van der Waals surface area contributed by atoms with E-state index in [-0.39, 0.29) is 23.9 Å². The molecule has 1 aliphatic heterocycles. The number of hydrogen-bond acceptors (Lipinski definition) is 3. The number of piperidine rings is 1. The molecule has 1 aromatic rings. The Morgan fingerprint density at radius 3 is 2.60 bits per heavy atom. The van der Waals surface area contributed by atoms with Crippen molar-refractivity contribution in [3.05, 3.63) is 35.1 Å². The lowest BCUT2D eigenvalue weighted by Crippen LogP contribution is -2.52. The van der Waals surface area contributed by atoms with Gasteiger partial charge in [0.1, 0.15) is 11.4 Å². The number of hydrogen-bond donors (Lipinski definition) is 1. The van der Waals surface area contributed by atoms with Crippen LogP contribution in [0.2, 0.25) is 0 Å². The Hall–Kier alpha value is -1.62. The maximum atomic E-state index is 13.5. The van der Waals surface area contributed by atoms with Gasteiger partial charge < -0.3 is 15.0 Å². The Bertz CT molecular complexity index is 610. The van der Waals surface area contributed by atoms with E-state index in [2.05, 4.69) is 19.2 Å². The molecule has 140 valence electrons. The smallest absolute Gasteiger partial charge is 0.410 e. The summed E-state index contributed by atoms with van der Waals surface area (Å²) < 4.78 is 19.0. The number of amides is 1. The molecule has 0 bridgehead atoms. The largest absolute Gasteiger partial charge is 0.444 e. The highest BCUT2D eigenvalue weighted by Crippen LogP contribution is 2.31. The first-order valence-corrected chi connectivity index (χ1v) is 9.07.